The molecule has 0 fully saturated rings. The summed E-state index contributed by atoms with van der Waals surface area (Å²) in [5, 5.41) is 22.2. The number of rotatable bonds is 8. The molecule has 0 radical (unpaired) electrons. The first-order valence-corrected chi connectivity index (χ1v) is 6.97. The fraction of sp³-hybridized carbons (Fsp3) is 0.438. The maximum Gasteiger partial charge on any atom is 0.142 e. The third-order valence-corrected chi connectivity index (χ3v) is 2.95. The zero-order chi connectivity index (χ0) is 15.7. The average molecular weight is 293 g/mol. The van der Waals surface area contributed by atoms with E-state index in [4.69, 9.17) is 4.74 Å². The first kappa shape index (κ1) is 17.2. The molecule has 0 spiro atoms. The third kappa shape index (κ3) is 5.97. The lowest BCUT2D eigenvalue weighted by molar-refractivity contribution is -0.104. The summed E-state index contributed by atoms with van der Waals surface area (Å²) in [4.78, 5) is 10.5. The summed E-state index contributed by atoms with van der Waals surface area (Å²) >= 11 is 0. The molecule has 0 heterocycles. The van der Waals surface area contributed by atoms with E-state index in [0.29, 0.717) is 30.2 Å². The van der Waals surface area contributed by atoms with E-state index < -0.39 is 6.10 Å². The lowest BCUT2D eigenvalue weighted by atomic mass is 9.93. The molecule has 3 N–H and O–H groups in total. The Labute approximate surface area is 125 Å². The normalized spacial score (nSPS) is 21.8. The molecule has 0 saturated carbocycles. The Morgan fingerprint density at radius 1 is 1.48 bits per heavy atom. The minimum atomic E-state index is -0.628. The van der Waals surface area contributed by atoms with E-state index >= 15 is 0 Å². The van der Waals surface area contributed by atoms with Crippen molar-refractivity contribution in [2.45, 2.75) is 26.0 Å². The fourth-order valence-electron chi connectivity index (χ4n) is 1.87. The van der Waals surface area contributed by atoms with Crippen LogP contribution >= 0.6 is 0 Å². The number of allylic oxidation sites excluding steroid dienone is 5. The van der Waals surface area contributed by atoms with Crippen molar-refractivity contribution >= 4 is 6.29 Å². The molecule has 5 heteroatoms. The molecule has 0 saturated heterocycles. The fourth-order valence-corrected chi connectivity index (χ4v) is 1.87. The van der Waals surface area contributed by atoms with Crippen LogP contribution in [-0.4, -0.2) is 41.8 Å². The highest BCUT2D eigenvalue weighted by atomic mass is 16.5. The third-order valence-electron chi connectivity index (χ3n) is 2.95. The van der Waals surface area contributed by atoms with E-state index in [9.17, 15) is 15.0 Å². The van der Waals surface area contributed by atoms with Crippen molar-refractivity contribution in [1.82, 2.24) is 5.32 Å². The summed E-state index contributed by atoms with van der Waals surface area (Å²) in [5.74, 6) is 0.259. The van der Waals surface area contributed by atoms with Crippen LogP contribution in [0.1, 0.15) is 13.8 Å². The highest BCUT2D eigenvalue weighted by Gasteiger charge is 2.20. The predicted molar refractivity (Wildman–Crippen MR) is 81.7 cm³/mol. The van der Waals surface area contributed by atoms with Gasteiger partial charge in [0.1, 0.15) is 24.8 Å². The van der Waals surface area contributed by atoms with Crippen molar-refractivity contribution in [2.24, 2.45) is 5.92 Å². The number of aldehydes is 1. The largest absolute Gasteiger partial charge is 0.515 e. The number of hydrogen-bond acceptors (Lipinski definition) is 5. The number of hydrogen-bond donors (Lipinski definition) is 3. The van der Waals surface area contributed by atoms with Crippen LogP contribution in [0.2, 0.25) is 0 Å². The molecule has 21 heavy (non-hydrogen) atoms. The maximum absolute atomic E-state index is 10.5. The van der Waals surface area contributed by atoms with Gasteiger partial charge in [0.25, 0.3) is 0 Å². The first-order chi connectivity index (χ1) is 10.1. The topological polar surface area (TPSA) is 78.8 Å². The van der Waals surface area contributed by atoms with Crippen molar-refractivity contribution in [2.75, 3.05) is 13.2 Å². The molecule has 0 aromatic rings. The molecule has 0 bridgehead atoms. The second-order valence-corrected chi connectivity index (χ2v) is 5.08. The zero-order valence-corrected chi connectivity index (χ0v) is 12.4. The second-order valence-electron chi connectivity index (χ2n) is 5.08. The van der Waals surface area contributed by atoms with Gasteiger partial charge in [-0.2, -0.15) is 0 Å². The van der Waals surface area contributed by atoms with Crippen LogP contribution in [0.4, 0.5) is 0 Å². The number of carbonyl (C=O) groups excluding carboxylic acids is 1. The molecule has 2 atom stereocenters. The van der Waals surface area contributed by atoms with Gasteiger partial charge in [0, 0.05) is 18.2 Å². The Balaban J connectivity index is 2.62. The molecule has 1 aliphatic carbocycles. The Morgan fingerprint density at radius 2 is 2.24 bits per heavy atom. The van der Waals surface area contributed by atoms with Gasteiger partial charge in [0.15, 0.2) is 0 Å². The molecule has 2 unspecified atom stereocenters. The van der Waals surface area contributed by atoms with Gasteiger partial charge in [-0.05, 0) is 12.2 Å². The van der Waals surface area contributed by atoms with Crippen molar-refractivity contribution in [3.63, 3.8) is 0 Å². The van der Waals surface area contributed by atoms with Gasteiger partial charge in [-0.1, -0.05) is 32.1 Å². The number of aliphatic hydroxyl groups excluding tert-OH is 2. The maximum atomic E-state index is 10.5. The van der Waals surface area contributed by atoms with Gasteiger partial charge in [0.2, 0.25) is 0 Å². The van der Waals surface area contributed by atoms with Crippen LogP contribution in [0.15, 0.2) is 48.0 Å². The molecule has 0 aliphatic heterocycles. The van der Waals surface area contributed by atoms with E-state index in [0.717, 1.165) is 6.26 Å². The number of carbonyl (C=O) groups is 1. The van der Waals surface area contributed by atoms with Crippen LogP contribution in [0.3, 0.4) is 0 Å². The Hall–Kier alpha value is -1.85. The van der Waals surface area contributed by atoms with Crippen molar-refractivity contribution in [3.8, 4) is 0 Å². The highest BCUT2D eigenvalue weighted by Crippen LogP contribution is 2.27. The highest BCUT2D eigenvalue weighted by molar-refractivity contribution is 5.65. The van der Waals surface area contributed by atoms with Crippen LogP contribution in [0.5, 0.6) is 0 Å². The van der Waals surface area contributed by atoms with Gasteiger partial charge >= 0.3 is 0 Å². The lowest BCUT2D eigenvalue weighted by Crippen LogP contribution is -2.34. The minimum Gasteiger partial charge on any atom is -0.515 e. The molecule has 0 amide bonds. The Morgan fingerprint density at radius 3 is 2.86 bits per heavy atom. The minimum absolute atomic E-state index is 0.142. The summed E-state index contributed by atoms with van der Waals surface area (Å²) in [6.45, 7) is 4.59. The number of aliphatic hydroxyl groups is 2. The lowest BCUT2D eigenvalue weighted by Gasteiger charge is -2.23. The molecule has 116 valence electrons. The van der Waals surface area contributed by atoms with Gasteiger partial charge in [-0.25, -0.2) is 0 Å². The van der Waals surface area contributed by atoms with Gasteiger partial charge in [0.05, 0.1) is 12.2 Å². The van der Waals surface area contributed by atoms with Crippen LogP contribution in [0.25, 0.3) is 0 Å². The van der Waals surface area contributed by atoms with E-state index in [-0.39, 0.29) is 12.5 Å². The van der Waals surface area contributed by atoms with Crippen LogP contribution in [0, 0.1) is 5.92 Å². The Kier molecular flexibility index (Phi) is 7.50. The van der Waals surface area contributed by atoms with Gasteiger partial charge in [-0.3, -0.25) is 4.79 Å². The SMILES string of the molecule is CC(C)NCC(O)COC1=CC=C/C(=C/O)C1/C=C/C=O. The predicted octanol–water partition coefficient (Wildman–Crippen LogP) is 1.63. The summed E-state index contributed by atoms with van der Waals surface area (Å²) < 4.78 is 5.62. The summed E-state index contributed by atoms with van der Waals surface area (Å²) in [6, 6.07) is 0.295. The molecular formula is C16H23NO4. The number of ether oxygens (including phenoxy) is 1. The van der Waals surface area contributed by atoms with Crippen LogP contribution < -0.4 is 5.32 Å². The van der Waals surface area contributed by atoms with Crippen molar-refractivity contribution in [3.05, 3.63) is 48.0 Å². The average Bonchev–Trinajstić information content (AvgIpc) is 2.48. The molecule has 1 rings (SSSR count). The molecule has 1 aliphatic rings. The molecule has 5 nitrogen and oxygen atoms in total. The van der Waals surface area contributed by atoms with Crippen LogP contribution in [-0.2, 0) is 9.53 Å². The van der Waals surface area contributed by atoms with Crippen molar-refractivity contribution < 1.29 is 19.7 Å². The van der Waals surface area contributed by atoms with E-state index in [2.05, 4.69) is 5.32 Å². The van der Waals surface area contributed by atoms with Crippen molar-refractivity contribution in [1.29, 1.82) is 0 Å². The molecule has 0 aromatic heterocycles. The molecule has 0 aromatic carbocycles. The summed E-state index contributed by atoms with van der Waals surface area (Å²) in [5.41, 5.74) is 0.625. The second kappa shape index (κ2) is 9.15. The summed E-state index contributed by atoms with van der Waals surface area (Å²) in [7, 11) is 0. The first-order valence-electron chi connectivity index (χ1n) is 6.97. The smallest absolute Gasteiger partial charge is 0.142 e. The quantitative estimate of drug-likeness (QED) is 0.360. The van der Waals surface area contributed by atoms with Gasteiger partial charge in [-0.15, -0.1) is 0 Å². The van der Waals surface area contributed by atoms with E-state index in [1.54, 1.807) is 24.3 Å². The Bertz CT molecular complexity index is 449. The van der Waals surface area contributed by atoms with E-state index in [1.165, 1.54) is 6.08 Å². The monoisotopic (exact) mass is 293 g/mol. The zero-order valence-electron chi connectivity index (χ0n) is 12.4. The summed E-state index contributed by atoms with van der Waals surface area (Å²) in [6.07, 6.45) is 9.29. The standard InChI is InChI=1S/C16H23NO4/c1-12(2)17-9-14(20)11-21-16-7-3-5-13(10-19)15(16)6-4-8-18/h3-8,10,12,14-15,17,19-20H,9,11H2,1-2H3/b6-4+,13-10-. The van der Waals surface area contributed by atoms with Gasteiger partial charge < -0.3 is 20.3 Å². The van der Waals surface area contributed by atoms with E-state index in [1.807, 2.05) is 13.8 Å². The number of nitrogens with one attached hydrogen (secondary N) is 1. The molecular weight excluding hydrogens is 270 g/mol.